The number of benzene rings is 3. The van der Waals surface area contributed by atoms with Gasteiger partial charge in [-0.15, -0.1) is 0 Å². The average Bonchev–Trinajstić information content (AvgIpc) is 2.84. The zero-order chi connectivity index (χ0) is 23.7. The second-order valence-corrected chi connectivity index (χ2v) is 9.17. The molecule has 2 aliphatic heterocycles. The predicted octanol–water partition coefficient (Wildman–Crippen LogP) is 4.70. The lowest BCUT2D eigenvalue weighted by molar-refractivity contribution is -0.0606. The van der Waals surface area contributed by atoms with Gasteiger partial charge in [-0.2, -0.15) is 0 Å². The smallest absolute Gasteiger partial charge is 0.253 e. The highest BCUT2D eigenvalue weighted by Gasteiger charge is 2.49. The van der Waals surface area contributed by atoms with Crippen LogP contribution in [-0.4, -0.2) is 59.1 Å². The van der Waals surface area contributed by atoms with E-state index in [0.29, 0.717) is 18.7 Å². The van der Waals surface area contributed by atoms with Crippen LogP contribution in [0.15, 0.2) is 72.8 Å². The number of nitrogens with zero attached hydrogens (tertiary/aromatic N) is 2. The molecule has 3 aromatic rings. The standard InChI is InChI=1S/C28H28F2N2O2/c29-23-11-7-20(8-12-23)19-3-5-21(6-4-19)27-25-17-31(15-1-2-16-32(25)26(27)18-33)28(34)22-9-13-24(30)14-10-22/h3-14,25-27,33H,1-2,15-18H2/t25-,26-,27-/m1/s1. The SMILES string of the molecule is O=C(c1ccc(F)cc1)N1CCCCN2[C@H](CO)[C@H](c3ccc(-c4ccc(F)cc4)cc3)[C@H]2C1. The molecule has 0 bridgehead atoms. The number of hydrogen-bond donors (Lipinski definition) is 1. The minimum Gasteiger partial charge on any atom is -0.395 e. The molecule has 2 aliphatic rings. The van der Waals surface area contributed by atoms with E-state index >= 15 is 0 Å². The molecule has 0 aromatic heterocycles. The summed E-state index contributed by atoms with van der Waals surface area (Å²) in [4.78, 5) is 17.4. The summed E-state index contributed by atoms with van der Waals surface area (Å²) in [5.74, 6) is -0.595. The first-order valence-corrected chi connectivity index (χ1v) is 11.8. The van der Waals surface area contributed by atoms with E-state index in [2.05, 4.69) is 17.0 Å². The van der Waals surface area contributed by atoms with Gasteiger partial charge in [0.2, 0.25) is 0 Å². The fourth-order valence-corrected chi connectivity index (χ4v) is 5.44. The van der Waals surface area contributed by atoms with Crippen molar-refractivity contribution in [2.24, 2.45) is 0 Å². The Morgan fingerprint density at radius 2 is 1.38 bits per heavy atom. The van der Waals surface area contributed by atoms with Crippen molar-refractivity contribution >= 4 is 5.91 Å². The Morgan fingerprint density at radius 3 is 2.00 bits per heavy atom. The normalized spacial score (nSPS) is 22.9. The van der Waals surface area contributed by atoms with Gasteiger partial charge in [0.15, 0.2) is 0 Å². The van der Waals surface area contributed by atoms with Crippen LogP contribution in [0.5, 0.6) is 0 Å². The van der Waals surface area contributed by atoms with Gasteiger partial charge in [0.05, 0.1) is 6.61 Å². The predicted molar refractivity (Wildman–Crippen MR) is 127 cm³/mol. The molecule has 0 spiro atoms. The zero-order valence-electron chi connectivity index (χ0n) is 18.9. The van der Waals surface area contributed by atoms with Crippen LogP contribution >= 0.6 is 0 Å². The summed E-state index contributed by atoms with van der Waals surface area (Å²) >= 11 is 0. The number of amides is 1. The number of carbonyl (C=O) groups is 1. The maximum absolute atomic E-state index is 13.3. The maximum atomic E-state index is 13.3. The molecule has 176 valence electrons. The van der Waals surface area contributed by atoms with Gasteiger partial charge in [0.1, 0.15) is 11.6 Å². The Kier molecular flexibility index (Phi) is 6.44. The van der Waals surface area contributed by atoms with Gasteiger partial charge in [-0.25, -0.2) is 8.78 Å². The Labute approximate surface area is 198 Å². The van der Waals surface area contributed by atoms with E-state index in [1.807, 2.05) is 17.0 Å². The Bertz CT molecular complexity index is 1130. The molecule has 2 fully saturated rings. The first-order chi connectivity index (χ1) is 16.5. The van der Waals surface area contributed by atoms with Crippen LogP contribution in [0, 0.1) is 11.6 Å². The van der Waals surface area contributed by atoms with Crippen LogP contribution in [0.25, 0.3) is 11.1 Å². The number of fused-ring (bicyclic) bond motifs is 1. The molecule has 4 nitrogen and oxygen atoms in total. The fourth-order valence-electron chi connectivity index (χ4n) is 5.44. The Hall–Kier alpha value is -3.09. The van der Waals surface area contributed by atoms with Crippen LogP contribution in [0.1, 0.15) is 34.7 Å². The van der Waals surface area contributed by atoms with Crippen molar-refractivity contribution in [1.29, 1.82) is 0 Å². The third-order valence-corrected chi connectivity index (χ3v) is 7.22. The van der Waals surface area contributed by atoms with Crippen molar-refractivity contribution in [3.05, 3.63) is 95.6 Å². The van der Waals surface area contributed by atoms with Crippen molar-refractivity contribution in [2.75, 3.05) is 26.2 Å². The zero-order valence-corrected chi connectivity index (χ0v) is 18.9. The van der Waals surface area contributed by atoms with E-state index in [0.717, 1.165) is 36.1 Å². The van der Waals surface area contributed by atoms with Crippen molar-refractivity contribution in [2.45, 2.75) is 30.8 Å². The Morgan fingerprint density at radius 1 is 0.824 bits per heavy atom. The second-order valence-electron chi connectivity index (χ2n) is 9.17. The number of halogens is 2. The highest BCUT2D eigenvalue weighted by Crippen LogP contribution is 2.42. The highest BCUT2D eigenvalue weighted by molar-refractivity contribution is 5.94. The van der Waals surface area contributed by atoms with Crippen LogP contribution in [-0.2, 0) is 0 Å². The van der Waals surface area contributed by atoms with Gasteiger partial charge in [-0.05, 0) is 72.5 Å². The summed E-state index contributed by atoms with van der Waals surface area (Å²) in [6.07, 6.45) is 1.85. The maximum Gasteiger partial charge on any atom is 0.253 e. The van der Waals surface area contributed by atoms with Gasteiger partial charge in [-0.3, -0.25) is 9.69 Å². The van der Waals surface area contributed by atoms with E-state index in [1.165, 1.54) is 36.4 Å². The summed E-state index contributed by atoms with van der Waals surface area (Å²) in [6.45, 7) is 2.20. The summed E-state index contributed by atoms with van der Waals surface area (Å²) in [6, 6.07) is 20.5. The molecule has 0 saturated carbocycles. The number of carbonyl (C=O) groups excluding carboxylic acids is 1. The lowest BCUT2D eigenvalue weighted by atomic mass is 9.74. The molecule has 0 aliphatic carbocycles. The number of aliphatic hydroxyl groups excluding tert-OH is 1. The summed E-state index contributed by atoms with van der Waals surface area (Å²) < 4.78 is 26.6. The number of rotatable bonds is 4. The first-order valence-electron chi connectivity index (χ1n) is 11.8. The van der Waals surface area contributed by atoms with Gasteiger partial charge < -0.3 is 10.0 Å². The van der Waals surface area contributed by atoms with Gasteiger partial charge in [0, 0.05) is 36.7 Å². The van der Waals surface area contributed by atoms with Crippen molar-refractivity contribution in [3.8, 4) is 11.1 Å². The molecule has 34 heavy (non-hydrogen) atoms. The molecular weight excluding hydrogens is 434 g/mol. The second kappa shape index (κ2) is 9.65. The number of aliphatic hydroxyl groups is 1. The van der Waals surface area contributed by atoms with E-state index in [9.17, 15) is 18.7 Å². The van der Waals surface area contributed by atoms with Gasteiger partial charge >= 0.3 is 0 Å². The topological polar surface area (TPSA) is 43.8 Å². The lowest BCUT2D eigenvalue weighted by Crippen LogP contribution is -2.67. The van der Waals surface area contributed by atoms with Crippen molar-refractivity contribution in [3.63, 3.8) is 0 Å². The minimum atomic E-state index is -0.357. The van der Waals surface area contributed by atoms with E-state index in [4.69, 9.17) is 0 Å². The molecule has 5 rings (SSSR count). The van der Waals surface area contributed by atoms with Crippen LogP contribution in [0.2, 0.25) is 0 Å². The number of hydrogen-bond acceptors (Lipinski definition) is 3. The molecule has 1 N–H and O–H groups in total. The van der Waals surface area contributed by atoms with Gasteiger partial charge in [-0.1, -0.05) is 36.4 Å². The van der Waals surface area contributed by atoms with Crippen LogP contribution < -0.4 is 0 Å². The van der Waals surface area contributed by atoms with Crippen molar-refractivity contribution < 1.29 is 18.7 Å². The average molecular weight is 463 g/mol. The van der Waals surface area contributed by atoms with Gasteiger partial charge in [0.25, 0.3) is 5.91 Å². The summed E-state index contributed by atoms with van der Waals surface area (Å²) in [5.41, 5.74) is 3.57. The van der Waals surface area contributed by atoms with E-state index < -0.39 is 0 Å². The van der Waals surface area contributed by atoms with E-state index in [-0.39, 0.29) is 42.2 Å². The molecule has 0 unspecified atom stereocenters. The third-order valence-electron chi connectivity index (χ3n) is 7.22. The molecule has 3 aromatic carbocycles. The third kappa shape index (κ3) is 4.36. The molecule has 2 heterocycles. The molecule has 6 heteroatoms. The monoisotopic (exact) mass is 462 g/mol. The molecule has 2 saturated heterocycles. The van der Waals surface area contributed by atoms with Crippen molar-refractivity contribution in [1.82, 2.24) is 9.80 Å². The molecular formula is C28H28F2N2O2. The minimum absolute atomic E-state index is 0.0162. The first kappa shape index (κ1) is 22.7. The fraction of sp³-hybridized carbons (Fsp3) is 0.321. The highest BCUT2D eigenvalue weighted by atomic mass is 19.1. The molecule has 3 atom stereocenters. The van der Waals surface area contributed by atoms with Crippen LogP contribution in [0.4, 0.5) is 8.78 Å². The van der Waals surface area contributed by atoms with E-state index in [1.54, 1.807) is 12.1 Å². The van der Waals surface area contributed by atoms with Crippen LogP contribution in [0.3, 0.4) is 0 Å². The Balaban J connectivity index is 1.38. The summed E-state index contributed by atoms with van der Waals surface area (Å²) in [5, 5.41) is 10.2. The lowest BCUT2D eigenvalue weighted by Gasteiger charge is -2.57. The summed E-state index contributed by atoms with van der Waals surface area (Å²) in [7, 11) is 0. The largest absolute Gasteiger partial charge is 0.395 e. The quantitative estimate of drug-likeness (QED) is 0.612. The molecule has 0 radical (unpaired) electrons. The molecule has 1 amide bonds.